The Kier molecular flexibility index (Phi) is 4.02. The normalized spacial score (nSPS) is 14.1. The highest BCUT2D eigenvalue weighted by Crippen LogP contribution is 2.25. The average Bonchev–Trinajstić information content (AvgIpc) is 2.94. The Morgan fingerprint density at radius 3 is 2.62 bits per heavy atom. The van der Waals surface area contributed by atoms with Crippen molar-refractivity contribution >= 4 is 21.6 Å². The van der Waals surface area contributed by atoms with Gasteiger partial charge in [0.25, 0.3) is 0 Å². The number of aryl methyl sites for hydroxylation is 2. The van der Waals surface area contributed by atoms with Crippen LogP contribution in [0.1, 0.15) is 23.1 Å². The molecule has 0 radical (unpaired) electrons. The van der Waals surface area contributed by atoms with Gasteiger partial charge in [-0.15, -0.1) is 0 Å². The van der Waals surface area contributed by atoms with E-state index >= 15 is 0 Å². The number of rotatable bonds is 4. The van der Waals surface area contributed by atoms with Crippen LogP contribution in [0.3, 0.4) is 0 Å². The van der Waals surface area contributed by atoms with Crippen LogP contribution >= 0.6 is 11.6 Å². The first-order valence-corrected chi connectivity index (χ1v) is 8.77. The van der Waals surface area contributed by atoms with Gasteiger partial charge in [-0.25, -0.2) is 13.1 Å². The summed E-state index contributed by atoms with van der Waals surface area (Å²) < 4.78 is 27.3. The van der Waals surface area contributed by atoms with Crippen LogP contribution in [0.5, 0.6) is 0 Å². The minimum absolute atomic E-state index is 0.194. The van der Waals surface area contributed by atoms with E-state index in [1.165, 1.54) is 5.56 Å². The zero-order chi connectivity index (χ0) is 14.9. The summed E-state index contributed by atoms with van der Waals surface area (Å²) in [6.45, 7) is 0.194. The third-order valence-corrected chi connectivity index (χ3v) is 5.56. The molecule has 3 rings (SSSR count). The Balaban J connectivity index is 1.80. The van der Waals surface area contributed by atoms with Gasteiger partial charge in [-0.3, -0.25) is 0 Å². The topological polar surface area (TPSA) is 46.2 Å². The molecule has 1 N–H and O–H groups in total. The molecule has 0 spiro atoms. The molecule has 3 nitrogen and oxygen atoms in total. The van der Waals surface area contributed by atoms with Crippen molar-refractivity contribution in [2.45, 2.75) is 30.7 Å². The molecule has 0 unspecified atom stereocenters. The van der Waals surface area contributed by atoms with Crippen LogP contribution in [0.2, 0.25) is 5.02 Å². The van der Waals surface area contributed by atoms with Gasteiger partial charge < -0.3 is 0 Å². The van der Waals surface area contributed by atoms with Crippen molar-refractivity contribution in [3.05, 3.63) is 64.2 Å². The Hall–Kier alpha value is -1.36. The number of sulfonamides is 1. The summed E-state index contributed by atoms with van der Waals surface area (Å²) in [5, 5.41) is 0.564. The minimum Gasteiger partial charge on any atom is -0.207 e. The number of fused-ring (bicyclic) bond motifs is 1. The second-order valence-electron chi connectivity index (χ2n) is 5.20. The largest absolute Gasteiger partial charge is 0.240 e. The summed E-state index contributed by atoms with van der Waals surface area (Å²) in [5.74, 6) is 0. The van der Waals surface area contributed by atoms with E-state index < -0.39 is 10.0 Å². The highest BCUT2D eigenvalue weighted by Gasteiger charge is 2.18. The molecule has 21 heavy (non-hydrogen) atoms. The quantitative estimate of drug-likeness (QED) is 0.939. The lowest BCUT2D eigenvalue weighted by Crippen LogP contribution is -2.23. The van der Waals surface area contributed by atoms with Crippen molar-refractivity contribution in [3.63, 3.8) is 0 Å². The molecule has 2 aromatic rings. The molecular formula is C16H16ClNO2S. The SMILES string of the molecule is O=S(=O)(NCc1ccccc1Cl)c1ccc2c(c1)CCC2. The van der Waals surface area contributed by atoms with Crippen molar-refractivity contribution in [1.82, 2.24) is 4.72 Å². The molecule has 0 bridgehead atoms. The summed E-state index contributed by atoms with van der Waals surface area (Å²) in [6.07, 6.45) is 3.11. The van der Waals surface area contributed by atoms with Gasteiger partial charge in [0.2, 0.25) is 10.0 Å². The van der Waals surface area contributed by atoms with Crippen molar-refractivity contribution < 1.29 is 8.42 Å². The molecule has 5 heteroatoms. The first kappa shape index (κ1) is 14.6. The van der Waals surface area contributed by atoms with Gasteiger partial charge in [0.1, 0.15) is 0 Å². The van der Waals surface area contributed by atoms with Gasteiger partial charge in [-0.05, 0) is 54.2 Å². The highest BCUT2D eigenvalue weighted by molar-refractivity contribution is 7.89. The number of benzene rings is 2. The van der Waals surface area contributed by atoms with Crippen molar-refractivity contribution in [3.8, 4) is 0 Å². The minimum atomic E-state index is -3.51. The first-order chi connectivity index (χ1) is 10.1. The average molecular weight is 322 g/mol. The van der Waals surface area contributed by atoms with E-state index in [-0.39, 0.29) is 6.54 Å². The zero-order valence-corrected chi connectivity index (χ0v) is 13.0. The molecule has 0 heterocycles. The van der Waals surface area contributed by atoms with Crippen molar-refractivity contribution in [2.24, 2.45) is 0 Å². The lowest BCUT2D eigenvalue weighted by Gasteiger charge is -2.09. The van der Waals surface area contributed by atoms with Crippen LogP contribution in [-0.2, 0) is 29.4 Å². The Morgan fingerprint density at radius 2 is 1.81 bits per heavy atom. The van der Waals surface area contributed by atoms with Gasteiger partial charge in [0.15, 0.2) is 0 Å². The molecule has 2 aromatic carbocycles. The molecule has 0 fully saturated rings. The maximum Gasteiger partial charge on any atom is 0.240 e. The number of hydrogen-bond acceptors (Lipinski definition) is 2. The molecular weight excluding hydrogens is 306 g/mol. The van der Waals surface area contributed by atoms with E-state index in [0.29, 0.717) is 9.92 Å². The second-order valence-corrected chi connectivity index (χ2v) is 7.37. The molecule has 1 aliphatic carbocycles. The van der Waals surface area contributed by atoms with Crippen LogP contribution in [0.25, 0.3) is 0 Å². The molecule has 0 atom stereocenters. The van der Waals surface area contributed by atoms with Crippen LogP contribution in [0, 0.1) is 0 Å². The summed E-state index contributed by atoms with van der Waals surface area (Å²) in [4.78, 5) is 0.329. The van der Waals surface area contributed by atoms with Crippen LogP contribution in [0.15, 0.2) is 47.4 Å². The van der Waals surface area contributed by atoms with E-state index in [1.807, 2.05) is 24.3 Å². The van der Waals surface area contributed by atoms with Gasteiger partial charge in [-0.2, -0.15) is 0 Å². The zero-order valence-electron chi connectivity index (χ0n) is 11.5. The fourth-order valence-corrected chi connectivity index (χ4v) is 3.87. The lowest BCUT2D eigenvalue weighted by atomic mass is 10.1. The van der Waals surface area contributed by atoms with Crippen LogP contribution in [0.4, 0.5) is 0 Å². The standard InChI is InChI=1S/C16H16ClNO2S/c17-16-7-2-1-4-14(16)11-18-21(19,20)15-9-8-12-5-3-6-13(12)10-15/h1-2,4,7-10,18H,3,5-6,11H2. The number of hydrogen-bond donors (Lipinski definition) is 1. The van der Waals surface area contributed by atoms with Gasteiger partial charge in [-0.1, -0.05) is 35.9 Å². The van der Waals surface area contributed by atoms with E-state index in [9.17, 15) is 8.42 Å². The smallest absolute Gasteiger partial charge is 0.207 e. The van der Waals surface area contributed by atoms with Gasteiger partial charge in [0, 0.05) is 11.6 Å². The fraction of sp³-hybridized carbons (Fsp3) is 0.250. The molecule has 110 valence electrons. The van der Waals surface area contributed by atoms with E-state index in [0.717, 1.165) is 30.4 Å². The predicted molar refractivity (Wildman–Crippen MR) is 83.9 cm³/mol. The summed E-state index contributed by atoms with van der Waals surface area (Å²) in [7, 11) is -3.51. The van der Waals surface area contributed by atoms with E-state index in [4.69, 9.17) is 11.6 Å². The van der Waals surface area contributed by atoms with E-state index in [2.05, 4.69) is 4.72 Å². The Labute approximate surface area is 130 Å². The van der Waals surface area contributed by atoms with Crippen LogP contribution in [-0.4, -0.2) is 8.42 Å². The molecule has 0 saturated heterocycles. The molecule has 0 saturated carbocycles. The summed E-state index contributed by atoms with van der Waals surface area (Å²) >= 11 is 6.04. The monoisotopic (exact) mass is 321 g/mol. The summed E-state index contributed by atoms with van der Waals surface area (Å²) in [6, 6.07) is 12.6. The fourth-order valence-electron chi connectivity index (χ4n) is 2.61. The maximum atomic E-state index is 12.4. The van der Waals surface area contributed by atoms with Gasteiger partial charge >= 0.3 is 0 Å². The first-order valence-electron chi connectivity index (χ1n) is 6.91. The molecule has 1 aliphatic rings. The summed E-state index contributed by atoms with van der Waals surface area (Å²) in [5.41, 5.74) is 3.18. The van der Waals surface area contributed by atoms with Crippen molar-refractivity contribution in [1.29, 1.82) is 0 Å². The molecule has 0 aromatic heterocycles. The van der Waals surface area contributed by atoms with Crippen molar-refractivity contribution in [2.75, 3.05) is 0 Å². The number of nitrogens with one attached hydrogen (secondary N) is 1. The Morgan fingerprint density at radius 1 is 1.05 bits per heavy atom. The highest BCUT2D eigenvalue weighted by atomic mass is 35.5. The number of halogens is 1. The second kappa shape index (κ2) is 5.79. The van der Waals surface area contributed by atoms with E-state index in [1.54, 1.807) is 18.2 Å². The third-order valence-electron chi connectivity index (χ3n) is 3.79. The van der Waals surface area contributed by atoms with Gasteiger partial charge in [0.05, 0.1) is 4.90 Å². The third kappa shape index (κ3) is 3.12. The lowest BCUT2D eigenvalue weighted by molar-refractivity contribution is 0.581. The Bertz CT molecular complexity index is 772. The predicted octanol–water partition coefficient (Wildman–Crippen LogP) is 3.31. The maximum absolute atomic E-state index is 12.4. The molecule has 0 aliphatic heterocycles. The van der Waals surface area contributed by atoms with Crippen LogP contribution < -0.4 is 4.72 Å². The molecule has 0 amide bonds.